The van der Waals surface area contributed by atoms with E-state index < -0.39 is 4.92 Å². The maximum atomic E-state index is 10.4. The highest BCUT2D eigenvalue weighted by atomic mass is 79.9. The molecule has 6 heteroatoms. The van der Waals surface area contributed by atoms with Crippen molar-refractivity contribution in [3.05, 3.63) is 37.3 Å². The molecule has 0 radical (unpaired) electrons. The Morgan fingerprint density at radius 1 is 1.50 bits per heavy atom. The zero-order valence-corrected chi connectivity index (χ0v) is 9.95. The van der Waals surface area contributed by atoms with Crippen molar-refractivity contribution in [3.8, 4) is 5.75 Å². The molecule has 0 amide bonds. The standard InChI is InChI=1S/C8H5Br2NO3/c9-8(10)4-5-3-6(11(13)14)1-2-7(5)12/h1-4,12H. The second-order valence-corrected chi connectivity index (χ2v) is 5.21. The minimum absolute atomic E-state index is 0.00741. The fourth-order valence-corrected chi connectivity index (χ4v) is 1.38. The fourth-order valence-electron chi connectivity index (χ4n) is 0.889. The first-order valence-electron chi connectivity index (χ1n) is 3.51. The minimum atomic E-state index is -0.515. The Kier molecular flexibility index (Phi) is 3.65. The molecule has 1 aromatic rings. The van der Waals surface area contributed by atoms with Crippen LogP contribution < -0.4 is 0 Å². The van der Waals surface area contributed by atoms with Crippen molar-refractivity contribution in [2.24, 2.45) is 0 Å². The van der Waals surface area contributed by atoms with Crippen molar-refractivity contribution in [2.75, 3.05) is 0 Å². The zero-order valence-electron chi connectivity index (χ0n) is 6.78. The van der Waals surface area contributed by atoms with Gasteiger partial charge in [0.1, 0.15) is 5.75 Å². The summed E-state index contributed by atoms with van der Waals surface area (Å²) in [4.78, 5) is 9.92. The summed E-state index contributed by atoms with van der Waals surface area (Å²) in [7, 11) is 0. The zero-order chi connectivity index (χ0) is 10.7. The molecule has 0 heterocycles. The fraction of sp³-hybridized carbons (Fsp3) is 0. The molecule has 0 bridgehead atoms. The number of non-ortho nitro benzene ring substituents is 1. The molecule has 0 aliphatic carbocycles. The summed E-state index contributed by atoms with van der Waals surface area (Å²) in [5, 5.41) is 19.8. The number of nitro benzene ring substituents is 1. The first-order valence-corrected chi connectivity index (χ1v) is 5.09. The van der Waals surface area contributed by atoms with E-state index in [2.05, 4.69) is 31.9 Å². The van der Waals surface area contributed by atoms with Crippen LogP contribution in [-0.2, 0) is 0 Å². The number of phenolic OH excluding ortho intramolecular Hbond substituents is 1. The van der Waals surface area contributed by atoms with E-state index in [1.54, 1.807) is 0 Å². The van der Waals surface area contributed by atoms with E-state index in [0.29, 0.717) is 8.96 Å². The van der Waals surface area contributed by atoms with Crippen molar-refractivity contribution in [1.82, 2.24) is 0 Å². The molecule has 14 heavy (non-hydrogen) atoms. The van der Waals surface area contributed by atoms with Gasteiger partial charge in [-0.15, -0.1) is 0 Å². The van der Waals surface area contributed by atoms with Crippen LogP contribution in [0.2, 0.25) is 0 Å². The molecule has 0 saturated heterocycles. The number of rotatable bonds is 2. The number of nitro groups is 1. The van der Waals surface area contributed by atoms with Crippen LogP contribution in [0.5, 0.6) is 5.75 Å². The van der Waals surface area contributed by atoms with Crippen molar-refractivity contribution >= 4 is 43.6 Å². The molecular weight excluding hydrogens is 318 g/mol. The predicted molar refractivity (Wildman–Crippen MR) is 60.6 cm³/mol. The molecule has 1 N–H and O–H groups in total. The normalized spacial score (nSPS) is 9.57. The van der Waals surface area contributed by atoms with E-state index in [0.717, 1.165) is 0 Å². The third-order valence-corrected chi connectivity index (χ3v) is 1.94. The van der Waals surface area contributed by atoms with Crippen LogP contribution in [0.15, 0.2) is 21.6 Å². The van der Waals surface area contributed by atoms with Gasteiger partial charge in [0.05, 0.1) is 8.31 Å². The lowest BCUT2D eigenvalue weighted by Crippen LogP contribution is -1.88. The number of aromatic hydroxyl groups is 1. The number of phenols is 1. The van der Waals surface area contributed by atoms with Crippen LogP contribution in [0.4, 0.5) is 5.69 Å². The number of benzene rings is 1. The van der Waals surface area contributed by atoms with Crippen LogP contribution in [0.1, 0.15) is 5.56 Å². The molecule has 74 valence electrons. The maximum absolute atomic E-state index is 10.4. The highest BCUT2D eigenvalue weighted by Gasteiger charge is 2.08. The van der Waals surface area contributed by atoms with E-state index in [1.807, 2.05) is 0 Å². The molecule has 0 aliphatic heterocycles. The Morgan fingerprint density at radius 3 is 2.64 bits per heavy atom. The first-order chi connectivity index (χ1) is 6.50. The van der Waals surface area contributed by atoms with Gasteiger partial charge in [-0.3, -0.25) is 10.1 Å². The summed E-state index contributed by atoms with van der Waals surface area (Å²) < 4.78 is 0.598. The van der Waals surface area contributed by atoms with E-state index >= 15 is 0 Å². The third-order valence-electron chi connectivity index (χ3n) is 1.49. The molecule has 0 unspecified atom stereocenters. The smallest absolute Gasteiger partial charge is 0.270 e. The lowest BCUT2D eigenvalue weighted by molar-refractivity contribution is -0.384. The average Bonchev–Trinajstić information content (AvgIpc) is 2.07. The number of halogens is 2. The van der Waals surface area contributed by atoms with Gasteiger partial charge in [0.2, 0.25) is 0 Å². The quantitative estimate of drug-likeness (QED) is 0.670. The number of nitrogens with zero attached hydrogens (tertiary/aromatic N) is 1. The van der Waals surface area contributed by atoms with Gasteiger partial charge < -0.3 is 5.11 Å². The minimum Gasteiger partial charge on any atom is -0.507 e. The van der Waals surface area contributed by atoms with E-state index in [9.17, 15) is 15.2 Å². The van der Waals surface area contributed by atoms with Crippen molar-refractivity contribution in [1.29, 1.82) is 0 Å². The summed E-state index contributed by atoms with van der Waals surface area (Å²) in [5.74, 6) is -0.00741. The summed E-state index contributed by atoms with van der Waals surface area (Å²) in [6.45, 7) is 0. The van der Waals surface area contributed by atoms with E-state index in [1.165, 1.54) is 24.3 Å². The topological polar surface area (TPSA) is 63.4 Å². The van der Waals surface area contributed by atoms with Gasteiger partial charge in [0.15, 0.2) is 0 Å². The molecular formula is C8H5Br2NO3. The SMILES string of the molecule is O=[N+]([O-])c1ccc(O)c(C=C(Br)Br)c1. The molecule has 0 saturated carbocycles. The Bertz CT molecular complexity index is 400. The van der Waals surface area contributed by atoms with Gasteiger partial charge in [0.25, 0.3) is 5.69 Å². The summed E-state index contributed by atoms with van der Waals surface area (Å²) >= 11 is 6.21. The summed E-state index contributed by atoms with van der Waals surface area (Å²) in [6.07, 6.45) is 1.53. The van der Waals surface area contributed by atoms with Gasteiger partial charge in [0, 0.05) is 17.7 Å². The van der Waals surface area contributed by atoms with Gasteiger partial charge in [-0.25, -0.2) is 0 Å². The molecule has 0 atom stereocenters. The largest absolute Gasteiger partial charge is 0.507 e. The monoisotopic (exact) mass is 321 g/mol. The third kappa shape index (κ3) is 2.81. The summed E-state index contributed by atoms with van der Waals surface area (Å²) in [6, 6.07) is 3.82. The second-order valence-electron chi connectivity index (χ2n) is 2.43. The van der Waals surface area contributed by atoms with Gasteiger partial charge in [-0.05, 0) is 44.0 Å². The van der Waals surface area contributed by atoms with Crippen LogP contribution in [0, 0.1) is 10.1 Å². The van der Waals surface area contributed by atoms with Crippen LogP contribution in [0.25, 0.3) is 6.08 Å². The highest BCUT2D eigenvalue weighted by molar-refractivity contribution is 9.28. The average molecular weight is 323 g/mol. The van der Waals surface area contributed by atoms with E-state index in [-0.39, 0.29) is 11.4 Å². The van der Waals surface area contributed by atoms with Crippen molar-refractivity contribution < 1.29 is 10.0 Å². The molecule has 0 aliphatic rings. The number of hydrogen-bond donors (Lipinski definition) is 1. The second kappa shape index (κ2) is 4.56. The number of hydrogen-bond acceptors (Lipinski definition) is 3. The lowest BCUT2D eigenvalue weighted by atomic mass is 10.2. The van der Waals surface area contributed by atoms with Crippen molar-refractivity contribution in [3.63, 3.8) is 0 Å². The molecule has 1 rings (SSSR count). The molecule has 4 nitrogen and oxygen atoms in total. The summed E-state index contributed by atoms with van der Waals surface area (Å²) in [5.41, 5.74) is 0.318. The van der Waals surface area contributed by atoms with Crippen LogP contribution >= 0.6 is 31.9 Å². The van der Waals surface area contributed by atoms with E-state index in [4.69, 9.17) is 0 Å². The Labute approximate surface area is 96.7 Å². The van der Waals surface area contributed by atoms with Crippen LogP contribution in [0.3, 0.4) is 0 Å². The lowest BCUT2D eigenvalue weighted by Gasteiger charge is -1.98. The van der Waals surface area contributed by atoms with Gasteiger partial charge >= 0.3 is 0 Å². The Balaban J connectivity index is 3.22. The Hall–Kier alpha value is -0.880. The molecule has 0 aromatic heterocycles. The molecule has 1 aromatic carbocycles. The predicted octanol–water partition coefficient (Wildman–Crippen LogP) is 3.39. The van der Waals surface area contributed by atoms with Gasteiger partial charge in [-0.2, -0.15) is 0 Å². The van der Waals surface area contributed by atoms with Gasteiger partial charge in [-0.1, -0.05) is 0 Å². The highest BCUT2D eigenvalue weighted by Crippen LogP contribution is 2.27. The maximum Gasteiger partial charge on any atom is 0.270 e. The molecule has 0 spiro atoms. The Morgan fingerprint density at radius 2 is 2.14 bits per heavy atom. The molecule has 0 fully saturated rings. The van der Waals surface area contributed by atoms with Crippen molar-refractivity contribution in [2.45, 2.75) is 0 Å². The van der Waals surface area contributed by atoms with Crippen LogP contribution in [-0.4, -0.2) is 10.0 Å². The first kappa shape index (κ1) is 11.2.